The molecule has 2 rings (SSSR count). The van der Waals surface area contributed by atoms with Crippen LogP contribution in [0.2, 0.25) is 5.02 Å². The standard InChI is InChI=1S/C16H16Cl2O/c1-11(12-6-4-3-5-7-12)16(18)13-8-9-15(19-2)14(17)10-13/h3-11,16H,1-2H3. The van der Waals surface area contributed by atoms with Crippen LogP contribution in [-0.4, -0.2) is 7.11 Å². The van der Waals surface area contributed by atoms with Crippen molar-refractivity contribution in [2.75, 3.05) is 7.11 Å². The summed E-state index contributed by atoms with van der Waals surface area (Å²) in [7, 11) is 1.60. The van der Waals surface area contributed by atoms with Crippen molar-refractivity contribution in [1.29, 1.82) is 0 Å². The van der Waals surface area contributed by atoms with Crippen molar-refractivity contribution in [2.24, 2.45) is 0 Å². The summed E-state index contributed by atoms with van der Waals surface area (Å²) in [5, 5.41) is 0.469. The van der Waals surface area contributed by atoms with Gasteiger partial charge in [-0.3, -0.25) is 0 Å². The Bertz CT molecular complexity index is 540. The maximum Gasteiger partial charge on any atom is 0.137 e. The number of methoxy groups -OCH3 is 1. The lowest BCUT2D eigenvalue weighted by atomic mass is 9.93. The molecule has 19 heavy (non-hydrogen) atoms. The number of halogens is 2. The Kier molecular flexibility index (Phi) is 4.73. The molecule has 0 fully saturated rings. The predicted molar refractivity (Wildman–Crippen MR) is 81.5 cm³/mol. The molecule has 100 valence electrons. The number of hydrogen-bond donors (Lipinski definition) is 0. The summed E-state index contributed by atoms with van der Waals surface area (Å²) in [4.78, 5) is 0. The van der Waals surface area contributed by atoms with Gasteiger partial charge >= 0.3 is 0 Å². The van der Waals surface area contributed by atoms with Gasteiger partial charge < -0.3 is 4.74 Å². The van der Waals surface area contributed by atoms with Crippen molar-refractivity contribution in [3.8, 4) is 5.75 Å². The molecule has 0 spiro atoms. The van der Waals surface area contributed by atoms with E-state index < -0.39 is 0 Å². The normalized spacial score (nSPS) is 13.9. The number of ether oxygens (including phenoxy) is 1. The Morgan fingerprint density at radius 1 is 1.00 bits per heavy atom. The number of alkyl halides is 1. The first-order valence-corrected chi connectivity index (χ1v) is 6.97. The summed E-state index contributed by atoms with van der Waals surface area (Å²) in [6.07, 6.45) is 0. The zero-order chi connectivity index (χ0) is 13.8. The first-order chi connectivity index (χ1) is 9.13. The van der Waals surface area contributed by atoms with Gasteiger partial charge in [-0.05, 0) is 23.3 Å². The van der Waals surface area contributed by atoms with E-state index in [2.05, 4.69) is 19.1 Å². The third-order valence-electron chi connectivity index (χ3n) is 3.26. The van der Waals surface area contributed by atoms with Crippen molar-refractivity contribution in [2.45, 2.75) is 18.2 Å². The molecule has 0 aliphatic carbocycles. The van der Waals surface area contributed by atoms with Crippen LogP contribution in [0.3, 0.4) is 0 Å². The van der Waals surface area contributed by atoms with Crippen molar-refractivity contribution in [3.63, 3.8) is 0 Å². The summed E-state index contributed by atoms with van der Waals surface area (Å²) < 4.78 is 5.15. The lowest BCUT2D eigenvalue weighted by molar-refractivity contribution is 0.415. The van der Waals surface area contributed by atoms with Gasteiger partial charge in [0.2, 0.25) is 0 Å². The molecule has 2 atom stereocenters. The van der Waals surface area contributed by atoms with Gasteiger partial charge in [-0.1, -0.05) is 54.9 Å². The van der Waals surface area contributed by atoms with Crippen LogP contribution in [0, 0.1) is 0 Å². The number of hydrogen-bond acceptors (Lipinski definition) is 1. The zero-order valence-electron chi connectivity index (χ0n) is 10.9. The largest absolute Gasteiger partial charge is 0.495 e. The van der Waals surface area contributed by atoms with Crippen LogP contribution < -0.4 is 4.74 Å². The topological polar surface area (TPSA) is 9.23 Å². The molecule has 2 unspecified atom stereocenters. The fourth-order valence-electron chi connectivity index (χ4n) is 2.07. The van der Waals surface area contributed by atoms with Gasteiger partial charge in [0.25, 0.3) is 0 Å². The van der Waals surface area contributed by atoms with E-state index in [4.69, 9.17) is 27.9 Å². The Balaban J connectivity index is 2.24. The van der Waals surface area contributed by atoms with Crippen LogP contribution >= 0.6 is 23.2 Å². The molecule has 0 saturated carbocycles. The van der Waals surface area contributed by atoms with Crippen molar-refractivity contribution >= 4 is 23.2 Å². The molecule has 0 radical (unpaired) electrons. The molecular weight excluding hydrogens is 279 g/mol. The lowest BCUT2D eigenvalue weighted by Crippen LogP contribution is -2.02. The third kappa shape index (κ3) is 3.23. The fourth-order valence-corrected chi connectivity index (χ4v) is 2.62. The second-order valence-electron chi connectivity index (χ2n) is 4.50. The van der Waals surface area contributed by atoms with Crippen LogP contribution in [-0.2, 0) is 0 Å². The molecule has 0 saturated heterocycles. The summed E-state index contributed by atoms with van der Waals surface area (Å²) in [5.41, 5.74) is 2.22. The van der Waals surface area contributed by atoms with E-state index in [9.17, 15) is 0 Å². The highest BCUT2D eigenvalue weighted by Gasteiger charge is 2.19. The van der Waals surface area contributed by atoms with Gasteiger partial charge in [0.1, 0.15) is 5.75 Å². The van der Waals surface area contributed by atoms with Crippen molar-refractivity contribution in [1.82, 2.24) is 0 Å². The predicted octanol–water partition coefficient (Wildman–Crippen LogP) is 5.43. The van der Waals surface area contributed by atoms with E-state index in [1.165, 1.54) is 5.56 Å². The Morgan fingerprint density at radius 3 is 2.26 bits per heavy atom. The first kappa shape index (κ1) is 14.2. The Labute approximate surface area is 124 Å². The van der Waals surface area contributed by atoms with Gasteiger partial charge in [0, 0.05) is 5.92 Å². The van der Waals surface area contributed by atoms with Crippen molar-refractivity contribution < 1.29 is 4.74 Å². The molecule has 1 nitrogen and oxygen atoms in total. The second kappa shape index (κ2) is 6.31. The molecule has 3 heteroatoms. The maximum absolute atomic E-state index is 6.56. The zero-order valence-corrected chi connectivity index (χ0v) is 12.4. The van der Waals surface area contributed by atoms with Gasteiger partial charge in [0.05, 0.1) is 17.5 Å². The molecule has 0 aliphatic heterocycles. The van der Waals surface area contributed by atoms with Crippen LogP contribution in [0.4, 0.5) is 0 Å². The minimum atomic E-state index is -0.120. The highest BCUT2D eigenvalue weighted by molar-refractivity contribution is 6.32. The molecule has 2 aromatic rings. The van der Waals surface area contributed by atoms with Crippen LogP contribution in [0.15, 0.2) is 48.5 Å². The number of benzene rings is 2. The van der Waals surface area contributed by atoms with E-state index in [0.29, 0.717) is 10.8 Å². The Hall–Kier alpha value is -1.18. The Morgan fingerprint density at radius 2 is 1.68 bits per heavy atom. The lowest BCUT2D eigenvalue weighted by Gasteiger charge is -2.19. The molecular formula is C16H16Cl2O. The molecule has 0 N–H and O–H groups in total. The van der Waals surface area contributed by atoms with Gasteiger partial charge in [-0.25, -0.2) is 0 Å². The van der Waals surface area contributed by atoms with Crippen molar-refractivity contribution in [3.05, 3.63) is 64.7 Å². The molecule has 0 amide bonds. The third-order valence-corrected chi connectivity index (χ3v) is 4.18. The highest BCUT2D eigenvalue weighted by atomic mass is 35.5. The van der Waals surface area contributed by atoms with E-state index in [1.54, 1.807) is 7.11 Å². The molecule has 0 heterocycles. The molecule has 0 aliphatic rings. The average molecular weight is 295 g/mol. The fraction of sp³-hybridized carbons (Fsp3) is 0.250. The van der Waals surface area contributed by atoms with Crippen LogP contribution in [0.1, 0.15) is 29.3 Å². The van der Waals surface area contributed by atoms with E-state index >= 15 is 0 Å². The number of rotatable bonds is 4. The van der Waals surface area contributed by atoms with Gasteiger partial charge in [0.15, 0.2) is 0 Å². The summed E-state index contributed by atoms with van der Waals surface area (Å²) >= 11 is 12.7. The first-order valence-electron chi connectivity index (χ1n) is 6.16. The summed E-state index contributed by atoms with van der Waals surface area (Å²) in [5.74, 6) is 0.883. The average Bonchev–Trinajstić information content (AvgIpc) is 2.46. The van der Waals surface area contributed by atoms with E-state index in [1.807, 2.05) is 36.4 Å². The maximum atomic E-state index is 6.56. The monoisotopic (exact) mass is 294 g/mol. The highest BCUT2D eigenvalue weighted by Crippen LogP contribution is 2.38. The van der Waals surface area contributed by atoms with E-state index in [0.717, 1.165) is 5.56 Å². The molecule has 2 aromatic carbocycles. The van der Waals surface area contributed by atoms with Gasteiger partial charge in [-0.15, -0.1) is 11.6 Å². The SMILES string of the molecule is COc1ccc(C(Cl)C(C)c2ccccc2)cc1Cl. The van der Waals surface area contributed by atoms with Crippen LogP contribution in [0.25, 0.3) is 0 Å². The molecule has 0 bridgehead atoms. The smallest absolute Gasteiger partial charge is 0.137 e. The van der Waals surface area contributed by atoms with Gasteiger partial charge in [-0.2, -0.15) is 0 Å². The quantitative estimate of drug-likeness (QED) is 0.683. The second-order valence-corrected chi connectivity index (χ2v) is 5.37. The molecule has 0 aromatic heterocycles. The summed E-state index contributed by atoms with van der Waals surface area (Å²) in [6, 6.07) is 15.9. The summed E-state index contributed by atoms with van der Waals surface area (Å²) in [6.45, 7) is 2.12. The van der Waals surface area contributed by atoms with Crippen LogP contribution in [0.5, 0.6) is 5.75 Å². The minimum absolute atomic E-state index is 0.120. The van der Waals surface area contributed by atoms with E-state index in [-0.39, 0.29) is 11.3 Å². The minimum Gasteiger partial charge on any atom is -0.495 e.